The van der Waals surface area contributed by atoms with Gasteiger partial charge in [-0.15, -0.1) is 5.10 Å². The van der Waals surface area contributed by atoms with Gasteiger partial charge in [0, 0.05) is 18.0 Å². The van der Waals surface area contributed by atoms with Crippen molar-refractivity contribution in [3.63, 3.8) is 0 Å². The molecule has 1 atom stereocenters. The zero-order chi connectivity index (χ0) is 18.2. The molecular formula is C17H28N6O2. The van der Waals surface area contributed by atoms with Crippen LogP contribution in [0, 0.1) is 0 Å². The van der Waals surface area contributed by atoms with Crippen molar-refractivity contribution in [2.24, 2.45) is 0 Å². The number of piperidine rings is 1. The summed E-state index contributed by atoms with van der Waals surface area (Å²) in [5, 5.41) is 23.5. The van der Waals surface area contributed by atoms with E-state index in [1.165, 1.54) is 0 Å². The van der Waals surface area contributed by atoms with Crippen molar-refractivity contribution in [2.45, 2.75) is 71.1 Å². The van der Waals surface area contributed by atoms with Crippen LogP contribution in [0.15, 0.2) is 10.7 Å². The van der Waals surface area contributed by atoms with Gasteiger partial charge in [-0.25, -0.2) is 4.68 Å². The Labute approximate surface area is 148 Å². The first-order valence-electron chi connectivity index (χ1n) is 8.87. The van der Waals surface area contributed by atoms with Crippen LogP contribution < -0.4 is 0 Å². The molecule has 2 aromatic rings. The molecule has 0 radical (unpaired) electrons. The summed E-state index contributed by atoms with van der Waals surface area (Å²) in [6.07, 6.45) is 3.40. The highest BCUT2D eigenvalue weighted by molar-refractivity contribution is 5.10. The van der Waals surface area contributed by atoms with E-state index in [1.54, 1.807) is 4.68 Å². The molecule has 1 aliphatic heterocycles. The zero-order valence-corrected chi connectivity index (χ0v) is 15.7. The molecule has 0 unspecified atom stereocenters. The van der Waals surface area contributed by atoms with Crippen LogP contribution in [0.3, 0.4) is 0 Å². The van der Waals surface area contributed by atoms with Crippen LogP contribution in [0.2, 0.25) is 0 Å². The molecule has 0 amide bonds. The second-order valence-corrected chi connectivity index (χ2v) is 8.29. The number of aromatic nitrogens is 5. The molecule has 1 aliphatic rings. The summed E-state index contributed by atoms with van der Waals surface area (Å²) in [4.78, 5) is 6.63. The van der Waals surface area contributed by atoms with Crippen molar-refractivity contribution < 1.29 is 9.63 Å². The van der Waals surface area contributed by atoms with E-state index in [0.29, 0.717) is 36.9 Å². The van der Waals surface area contributed by atoms with Gasteiger partial charge in [0.25, 0.3) is 0 Å². The molecule has 0 aliphatic carbocycles. The average Bonchev–Trinajstić information content (AvgIpc) is 3.16. The lowest BCUT2D eigenvalue weighted by molar-refractivity contribution is -0.0436. The summed E-state index contributed by atoms with van der Waals surface area (Å²) in [5.41, 5.74) is -0.496. The minimum atomic E-state index is -0.988. The Kier molecular flexibility index (Phi) is 4.68. The number of aliphatic hydroxyl groups is 1. The smallest absolute Gasteiger partial charge is 0.240 e. The topological polar surface area (TPSA) is 93.1 Å². The van der Waals surface area contributed by atoms with Crippen LogP contribution in [0.25, 0.3) is 0 Å². The normalized spacial score (nSPS) is 22.7. The molecule has 0 bridgehead atoms. The third-order valence-electron chi connectivity index (χ3n) is 4.56. The lowest BCUT2D eigenvalue weighted by atomic mass is 9.90. The largest absolute Gasteiger partial charge is 0.382 e. The summed E-state index contributed by atoms with van der Waals surface area (Å²) in [6.45, 7) is 12.1. The minimum absolute atomic E-state index is 0.139. The standard InChI is InChI=1S/C17H28N6O2/c1-12(2)23-9-13(19-21-23)17(24)7-6-8-22(11-17)10-14-18-15(20-25-14)16(3,4)5/h9,12,24H,6-8,10-11H2,1-5H3/t17-/m0/s1. The van der Waals surface area contributed by atoms with Gasteiger partial charge < -0.3 is 9.63 Å². The summed E-state index contributed by atoms with van der Waals surface area (Å²) >= 11 is 0. The van der Waals surface area contributed by atoms with E-state index in [4.69, 9.17) is 4.52 Å². The summed E-state index contributed by atoms with van der Waals surface area (Å²) in [6, 6.07) is 0.221. The van der Waals surface area contributed by atoms with Gasteiger partial charge >= 0.3 is 0 Å². The Morgan fingerprint density at radius 3 is 2.72 bits per heavy atom. The second kappa shape index (κ2) is 6.49. The predicted molar refractivity (Wildman–Crippen MR) is 91.8 cm³/mol. The molecule has 2 aromatic heterocycles. The second-order valence-electron chi connectivity index (χ2n) is 8.29. The summed E-state index contributed by atoms with van der Waals surface area (Å²) in [7, 11) is 0. The van der Waals surface area contributed by atoms with Crippen LogP contribution >= 0.6 is 0 Å². The highest BCUT2D eigenvalue weighted by atomic mass is 16.5. The highest BCUT2D eigenvalue weighted by Crippen LogP contribution is 2.31. The van der Waals surface area contributed by atoms with Crippen LogP contribution in [0.1, 0.15) is 70.9 Å². The quantitative estimate of drug-likeness (QED) is 0.903. The van der Waals surface area contributed by atoms with Crippen molar-refractivity contribution in [1.82, 2.24) is 30.0 Å². The van der Waals surface area contributed by atoms with Gasteiger partial charge in [-0.2, -0.15) is 4.98 Å². The van der Waals surface area contributed by atoms with Crippen LogP contribution in [-0.4, -0.2) is 48.2 Å². The fourth-order valence-electron chi connectivity index (χ4n) is 3.02. The number of hydrogen-bond donors (Lipinski definition) is 1. The Balaban J connectivity index is 1.71. The van der Waals surface area contributed by atoms with Crippen molar-refractivity contribution in [2.75, 3.05) is 13.1 Å². The number of β-amino-alcohol motifs (C(OH)–C–C–N with tert-alkyl or cyclic N) is 1. The average molecular weight is 348 g/mol. The molecular weight excluding hydrogens is 320 g/mol. The fraction of sp³-hybridized carbons (Fsp3) is 0.765. The maximum atomic E-state index is 11.1. The van der Waals surface area contributed by atoms with Crippen molar-refractivity contribution in [3.8, 4) is 0 Å². The Hall–Kier alpha value is -1.80. The van der Waals surface area contributed by atoms with Crippen LogP contribution in [-0.2, 0) is 17.6 Å². The summed E-state index contributed by atoms with van der Waals surface area (Å²) < 4.78 is 7.16. The molecule has 1 N–H and O–H groups in total. The molecule has 3 rings (SSSR count). The molecule has 1 saturated heterocycles. The predicted octanol–water partition coefficient (Wildman–Crippen LogP) is 2.02. The molecule has 8 heteroatoms. The SMILES string of the molecule is CC(C)n1cc([C@]2(O)CCCN(Cc3nc(C(C)(C)C)no3)C2)nn1. The first kappa shape index (κ1) is 18.0. The zero-order valence-electron chi connectivity index (χ0n) is 15.7. The van der Waals surface area contributed by atoms with Crippen LogP contribution in [0.5, 0.6) is 0 Å². The highest BCUT2D eigenvalue weighted by Gasteiger charge is 2.38. The number of rotatable bonds is 4. The monoisotopic (exact) mass is 348 g/mol. The molecule has 8 nitrogen and oxygen atoms in total. The van der Waals surface area contributed by atoms with Crippen molar-refractivity contribution in [3.05, 3.63) is 23.6 Å². The molecule has 1 fully saturated rings. The first-order chi connectivity index (χ1) is 11.7. The lowest BCUT2D eigenvalue weighted by Crippen LogP contribution is -2.46. The summed E-state index contributed by atoms with van der Waals surface area (Å²) in [5.74, 6) is 1.29. The number of likely N-dealkylation sites (tertiary alicyclic amines) is 1. The third-order valence-corrected chi connectivity index (χ3v) is 4.56. The van der Waals surface area contributed by atoms with Crippen LogP contribution in [0.4, 0.5) is 0 Å². The fourth-order valence-corrected chi connectivity index (χ4v) is 3.02. The van der Waals surface area contributed by atoms with Gasteiger partial charge in [-0.3, -0.25) is 4.90 Å². The van der Waals surface area contributed by atoms with E-state index in [9.17, 15) is 5.11 Å². The van der Waals surface area contributed by atoms with Gasteiger partial charge in [0.2, 0.25) is 5.89 Å². The van der Waals surface area contributed by atoms with Crippen molar-refractivity contribution in [1.29, 1.82) is 0 Å². The maximum Gasteiger partial charge on any atom is 0.240 e. The molecule has 0 saturated carbocycles. The van der Waals surface area contributed by atoms with E-state index in [2.05, 4.69) is 46.1 Å². The van der Waals surface area contributed by atoms with Crippen molar-refractivity contribution >= 4 is 0 Å². The molecule has 0 spiro atoms. The van der Waals surface area contributed by atoms with Gasteiger partial charge in [-0.1, -0.05) is 31.1 Å². The van der Waals surface area contributed by atoms with E-state index in [0.717, 1.165) is 13.0 Å². The number of nitrogens with zero attached hydrogens (tertiary/aromatic N) is 6. The molecule has 25 heavy (non-hydrogen) atoms. The molecule has 3 heterocycles. The van der Waals surface area contributed by atoms with Gasteiger partial charge in [-0.05, 0) is 33.2 Å². The van der Waals surface area contributed by atoms with Gasteiger partial charge in [0.1, 0.15) is 11.3 Å². The van der Waals surface area contributed by atoms with Gasteiger partial charge in [0.05, 0.1) is 12.7 Å². The van der Waals surface area contributed by atoms with E-state index in [1.807, 2.05) is 20.0 Å². The number of hydrogen-bond acceptors (Lipinski definition) is 7. The first-order valence-corrected chi connectivity index (χ1v) is 8.87. The third kappa shape index (κ3) is 3.90. The lowest BCUT2D eigenvalue weighted by Gasteiger charge is -2.37. The Morgan fingerprint density at radius 1 is 1.36 bits per heavy atom. The molecule has 138 valence electrons. The van der Waals surface area contributed by atoms with E-state index >= 15 is 0 Å². The Bertz CT molecular complexity index is 717. The van der Waals surface area contributed by atoms with E-state index < -0.39 is 5.60 Å². The Morgan fingerprint density at radius 2 is 2.12 bits per heavy atom. The minimum Gasteiger partial charge on any atom is -0.382 e. The van der Waals surface area contributed by atoms with Gasteiger partial charge in [0.15, 0.2) is 5.82 Å². The van der Waals surface area contributed by atoms with E-state index in [-0.39, 0.29) is 11.5 Å². The molecule has 0 aromatic carbocycles. The maximum absolute atomic E-state index is 11.1.